The number of ether oxygens (including phenoxy) is 1. The Morgan fingerprint density at radius 2 is 2.22 bits per heavy atom. The molecule has 1 aromatic heterocycles. The maximum Gasteiger partial charge on any atom is 0.359 e. The van der Waals surface area contributed by atoms with Crippen LogP contribution in [0, 0.1) is 0 Å². The Hall–Kier alpha value is -1.99. The van der Waals surface area contributed by atoms with Gasteiger partial charge in [-0.15, -0.1) is 0 Å². The summed E-state index contributed by atoms with van der Waals surface area (Å²) in [7, 11) is -1.17. The number of hydrogen-bond donors (Lipinski definition) is 1. The summed E-state index contributed by atoms with van der Waals surface area (Å²) in [6, 6.07) is 7.86. The van der Waals surface area contributed by atoms with Gasteiger partial charge in [0.15, 0.2) is 5.69 Å². The van der Waals surface area contributed by atoms with Crippen molar-refractivity contribution >= 4 is 16.8 Å². The summed E-state index contributed by atoms with van der Waals surface area (Å²) >= 11 is 0. The summed E-state index contributed by atoms with van der Waals surface area (Å²) in [5, 5.41) is 7.76. The van der Waals surface area contributed by atoms with E-state index in [1.54, 1.807) is 6.92 Å². The van der Waals surface area contributed by atoms with Crippen LogP contribution in [0.3, 0.4) is 0 Å². The van der Waals surface area contributed by atoms with Gasteiger partial charge in [-0.05, 0) is 13.0 Å². The quantitative estimate of drug-likeness (QED) is 0.863. The van der Waals surface area contributed by atoms with Crippen LogP contribution in [-0.4, -0.2) is 39.7 Å². The largest absolute Gasteiger partial charge is 0.461 e. The molecule has 0 aliphatic carbocycles. The number of carbonyl (C=O) groups is 1. The van der Waals surface area contributed by atoms with Crippen LogP contribution in [0.4, 0.5) is 0 Å². The highest BCUT2D eigenvalue weighted by molar-refractivity contribution is 7.84. The van der Waals surface area contributed by atoms with Crippen molar-refractivity contribution in [3.8, 4) is 11.3 Å². The highest BCUT2D eigenvalue weighted by atomic mass is 32.2. The van der Waals surface area contributed by atoms with Crippen molar-refractivity contribution in [2.24, 2.45) is 0 Å². The topological polar surface area (TPSA) is 73.2 Å². The van der Waals surface area contributed by atoms with E-state index in [4.69, 9.17) is 4.74 Å². The zero-order valence-corrected chi connectivity index (χ0v) is 13.6. The van der Waals surface area contributed by atoms with Crippen LogP contribution < -0.4 is 5.32 Å². The summed E-state index contributed by atoms with van der Waals surface area (Å²) in [5.41, 5.74) is 2.86. The van der Waals surface area contributed by atoms with E-state index in [1.807, 2.05) is 28.9 Å². The van der Waals surface area contributed by atoms with Crippen LogP contribution in [-0.2, 0) is 21.3 Å². The number of benzene rings is 1. The highest BCUT2D eigenvalue weighted by Crippen LogP contribution is 2.39. The molecule has 2 aliphatic rings. The van der Waals surface area contributed by atoms with E-state index in [0.717, 1.165) is 34.8 Å². The zero-order valence-electron chi connectivity index (χ0n) is 12.7. The van der Waals surface area contributed by atoms with Gasteiger partial charge in [-0.1, -0.05) is 18.2 Å². The molecule has 6 nitrogen and oxygen atoms in total. The first-order valence-electron chi connectivity index (χ1n) is 7.67. The van der Waals surface area contributed by atoms with E-state index in [2.05, 4.69) is 10.4 Å². The molecular weight excluding hydrogens is 314 g/mol. The van der Waals surface area contributed by atoms with Crippen LogP contribution >= 0.6 is 0 Å². The third kappa shape index (κ3) is 2.22. The van der Waals surface area contributed by atoms with Crippen LogP contribution in [0.1, 0.15) is 29.0 Å². The maximum absolute atomic E-state index is 12.6. The van der Waals surface area contributed by atoms with E-state index in [0.29, 0.717) is 18.1 Å². The van der Waals surface area contributed by atoms with E-state index in [1.165, 1.54) is 0 Å². The number of esters is 1. The molecule has 0 saturated carbocycles. The summed E-state index contributed by atoms with van der Waals surface area (Å²) in [6.45, 7) is 3.71. The van der Waals surface area contributed by atoms with E-state index in [9.17, 15) is 9.00 Å². The average molecular weight is 331 g/mol. The molecule has 1 N–H and O–H groups in total. The Morgan fingerprint density at radius 1 is 1.43 bits per heavy atom. The summed E-state index contributed by atoms with van der Waals surface area (Å²) in [4.78, 5) is 13.1. The predicted octanol–water partition coefficient (Wildman–Crippen LogP) is 1.49. The number of nitrogens with one attached hydrogen (secondary N) is 1. The standard InChI is InChI=1S/C16H17N3O3S/c1-2-22-16(20)14-12-9-23(21)13-6-4-3-5-11(13)15(12)19(18-14)10-7-17-8-10/h3-6,10,17H,2,7-9H2,1H3. The lowest BCUT2D eigenvalue weighted by atomic mass is 10.0. The first kappa shape index (κ1) is 14.6. The van der Waals surface area contributed by atoms with Gasteiger partial charge in [0.2, 0.25) is 0 Å². The highest BCUT2D eigenvalue weighted by Gasteiger charge is 2.35. The van der Waals surface area contributed by atoms with Gasteiger partial charge >= 0.3 is 5.97 Å². The molecule has 120 valence electrons. The second-order valence-corrected chi connectivity index (χ2v) is 7.06. The SMILES string of the molecule is CCOC(=O)c1nn(C2CNC2)c2c1CS(=O)c1ccccc1-2. The van der Waals surface area contributed by atoms with Crippen LogP contribution in [0.15, 0.2) is 29.2 Å². The van der Waals surface area contributed by atoms with Crippen LogP contribution in [0.25, 0.3) is 11.3 Å². The van der Waals surface area contributed by atoms with Crippen molar-refractivity contribution in [2.75, 3.05) is 19.7 Å². The number of fused-ring (bicyclic) bond motifs is 3. The predicted molar refractivity (Wildman–Crippen MR) is 85.6 cm³/mol. The molecule has 0 spiro atoms. The molecule has 1 aromatic carbocycles. The van der Waals surface area contributed by atoms with Crippen molar-refractivity contribution in [3.63, 3.8) is 0 Å². The second-order valence-electron chi connectivity index (χ2n) is 5.64. The number of rotatable bonds is 3. The molecule has 0 amide bonds. The van der Waals surface area contributed by atoms with Crippen molar-refractivity contribution in [1.29, 1.82) is 0 Å². The zero-order chi connectivity index (χ0) is 16.0. The van der Waals surface area contributed by atoms with Crippen LogP contribution in [0.2, 0.25) is 0 Å². The number of carbonyl (C=O) groups excluding carboxylic acids is 1. The summed E-state index contributed by atoms with van der Waals surface area (Å²) in [6.07, 6.45) is 0. The van der Waals surface area contributed by atoms with Gasteiger partial charge < -0.3 is 10.1 Å². The summed E-state index contributed by atoms with van der Waals surface area (Å²) < 4.78 is 19.6. The van der Waals surface area contributed by atoms with Crippen molar-refractivity contribution < 1.29 is 13.7 Å². The van der Waals surface area contributed by atoms with Gasteiger partial charge in [0.25, 0.3) is 0 Å². The molecule has 7 heteroatoms. The van der Waals surface area contributed by atoms with Gasteiger partial charge in [0, 0.05) is 29.1 Å². The number of hydrogen-bond acceptors (Lipinski definition) is 5. The Kier molecular flexibility index (Phi) is 3.54. The lowest BCUT2D eigenvalue weighted by molar-refractivity contribution is 0.0517. The summed E-state index contributed by atoms with van der Waals surface area (Å²) in [5.74, 6) is -0.133. The van der Waals surface area contributed by atoms with Gasteiger partial charge in [-0.2, -0.15) is 5.10 Å². The molecule has 1 fully saturated rings. The molecule has 23 heavy (non-hydrogen) atoms. The number of aromatic nitrogens is 2. The minimum Gasteiger partial charge on any atom is -0.461 e. The maximum atomic E-state index is 12.6. The molecule has 1 atom stereocenters. The minimum atomic E-state index is -1.17. The average Bonchev–Trinajstić information content (AvgIpc) is 2.85. The Morgan fingerprint density at radius 3 is 2.91 bits per heavy atom. The minimum absolute atomic E-state index is 0.214. The molecule has 4 rings (SSSR count). The van der Waals surface area contributed by atoms with E-state index >= 15 is 0 Å². The first-order chi connectivity index (χ1) is 11.2. The fourth-order valence-corrected chi connectivity index (χ4v) is 4.37. The van der Waals surface area contributed by atoms with Crippen molar-refractivity contribution in [2.45, 2.75) is 23.6 Å². The first-order valence-corrected chi connectivity index (χ1v) is 8.99. The monoisotopic (exact) mass is 331 g/mol. The van der Waals surface area contributed by atoms with Crippen LogP contribution in [0.5, 0.6) is 0 Å². The smallest absolute Gasteiger partial charge is 0.359 e. The van der Waals surface area contributed by atoms with E-state index < -0.39 is 16.8 Å². The number of nitrogens with zero attached hydrogens (tertiary/aromatic N) is 2. The van der Waals surface area contributed by atoms with Gasteiger partial charge in [0.05, 0.1) is 34.9 Å². The Bertz CT molecular complexity index is 811. The molecule has 2 aromatic rings. The molecule has 0 radical (unpaired) electrons. The molecular formula is C16H17N3O3S. The second kappa shape index (κ2) is 5.58. The fraction of sp³-hybridized carbons (Fsp3) is 0.375. The van der Waals surface area contributed by atoms with Crippen molar-refractivity contribution in [1.82, 2.24) is 15.1 Å². The fourth-order valence-electron chi connectivity index (χ4n) is 3.03. The molecule has 1 saturated heterocycles. The van der Waals surface area contributed by atoms with Gasteiger partial charge in [0.1, 0.15) is 0 Å². The van der Waals surface area contributed by atoms with Crippen molar-refractivity contribution in [3.05, 3.63) is 35.5 Å². The lowest BCUT2D eigenvalue weighted by Crippen LogP contribution is -2.44. The van der Waals surface area contributed by atoms with E-state index in [-0.39, 0.29) is 6.04 Å². The lowest BCUT2D eigenvalue weighted by Gasteiger charge is -2.30. The molecule has 2 aliphatic heterocycles. The molecule has 0 bridgehead atoms. The Balaban J connectivity index is 1.93. The third-order valence-electron chi connectivity index (χ3n) is 4.25. The third-order valence-corrected chi connectivity index (χ3v) is 5.64. The molecule has 1 unspecified atom stereocenters. The van der Waals surface area contributed by atoms with Gasteiger partial charge in [-0.25, -0.2) is 4.79 Å². The normalized spacial score (nSPS) is 19.6. The Labute approximate surface area is 136 Å². The molecule has 3 heterocycles. The van der Waals surface area contributed by atoms with Gasteiger partial charge in [-0.3, -0.25) is 8.89 Å².